The number of fused-ring (bicyclic) bond motifs is 1. The van der Waals surface area contributed by atoms with Gasteiger partial charge in [-0.05, 0) is 56.7 Å². The SMILES string of the molecule is Cc1ccc(NS(=O)(=O)c2cc(C(=O)NNC(=O)c3oc4ccccc4c3C)ccc2C)cc1. The molecule has 9 heteroatoms. The topological polar surface area (TPSA) is 118 Å². The molecule has 8 nitrogen and oxygen atoms in total. The van der Waals surface area contributed by atoms with Crippen LogP contribution in [-0.4, -0.2) is 20.2 Å². The number of furan rings is 1. The lowest BCUT2D eigenvalue weighted by Crippen LogP contribution is -2.41. The lowest BCUT2D eigenvalue weighted by Gasteiger charge is -2.12. The highest BCUT2D eigenvalue weighted by molar-refractivity contribution is 7.92. The second-order valence-corrected chi connectivity index (χ2v) is 9.56. The van der Waals surface area contributed by atoms with E-state index < -0.39 is 21.8 Å². The van der Waals surface area contributed by atoms with Crippen molar-refractivity contribution in [2.45, 2.75) is 25.7 Å². The molecule has 0 radical (unpaired) electrons. The summed E-state index contributed by atoms with van der Waals surface area (Å²) in [6.07, 6.45) is 0. The largest absolute Gasteiger partial charge is 0.451 e. The molecule has 0 spiro atoms. The molecule has 0 saturated carbocycles. The fourth-order valence-corrected chi connectivity index (χ4v) is 4.83. The van der Waals surface area contributed by atoms with Gasteiger partial charge in [-0.25, -0.2) is 8.42 Å². The fourth-order valence-electron chi connectivity index (χ4n) is 3.50. The number of para-hydroxylation sites is 1. The van der Waals surface area contributed by atoms with E-state index in [-0.39, 0.29) is 16.2 Å². The summed E-state index contributed by atoms with van der Waals surface area (Å²) >= 11 is 0. The van der Waals surface area contributed by atoms with Gasteiger partial charge in [-0.3, -0.25) is 25.2 Å². The molecule has 0 atom stereocenters. The Balaban J connectivity index is 1.50. The van der Waals surface area contributed by atoms with E-state index in [0.29, 0.717) is 22.4 Å². The average Bonchev–Trinajstić information content (AvgIpc) is 3.15. The van der Waals surface area contributed by atoms with Gasteiger partial charge in [0.2, 0.25) is 0 Å². The normalized spacial score (nSPS) is 11.3. The molecule has 3 aromatic carbocycles. The number of hydrazine groups is 1. The zero-order chi connectivity index (χ0) is 24.5. The van der Waals surface area contributed by atoms with Gasteiger partial charge in [-0.2, -0.15) is 0 Å². The fraction of sp³-hybridized carbons (Fsp3) is 0.120. The molecule has 1 heterocycles. The highest BCUT2D eigenvalue weighted by Gasteiger charge is 2.21. The Morgan fingerprint density at radius 1 is 0.824 bits per heavy atom. The number of amides is 2. The van der Waals surface area contributed by atoms with Crippen LogP contribution in [0.15, 0.2) is 76.0 Å². The zero-order valence-electron chi connectivity index (χ0n) is 18.8. The molecule has 34 heavy (non-hydrogen) atoms. The van der Waals surface area contributed by atoms with Crippen LogP contribution in [0.4, 0.5) is 5.69 Å². The monoisotopic (exact) mass is 477 g/mol. The number of hydrogen-bond donors (Lipinski definition) is 3. The van der Waals surface area contributed by atoms with Gasteiger partial charge in [0.15, 0.2) is 5.76 Å². The van der Waals surface area contributed by atoms with Crippen molar-refractivity contribution >= 4 is 38.5 Å². The quantitative estimate of drug-likeness (QED) is 0.372. The van der Waals surface area contributed by atoms with Crippen LogP contribution in [0.5, 0.6) is 0 Å². The zero-order valence-corrected chi connectivity index (χ0v) is 19.6. The number of sulfonamides is 1. The standard InChI is InChI=1S/C25H23N3O5S/c1-15-8-12-19(13-9-15)28-34(31,32)22-14-18(11-10-16(22)2)24(29)26-27-25(30)23-17(3)20-6-4-5-7-21(20)33-23/h4-14,28H,1-3H3,(H,26,29)(H,27,30). The molecular weight excluding hydrogens is 454 g/mol. The predicted molar refractivity (Wildman–Crippen MR) is 129 cm³/mol. The van der Waals surface area contributed by atoms with E-state index in [1.807, 2.05) is 19.1 Å². The summed E-state index contributed by atoms with van der Waals surface area (Å²) in [6.45, 7) is 5.29. The van der Waals surface area contributed by atoms with E-state index >= 15 is 0 Å². The van der Waals surface area contributed by atoms with Crippen molar-refractivity contribution in [3.05, 3.63) is 94.7 Å². The second-order valence-electron chi connectivity index (χ2n) is 7.91. The van der Waals surface area contributed by atoms with Crippen molar-refractivity contribution in [3.63, 3.8) is 0 Å². The summed E-state index contributed by atoms with van der Waals surface area (Å²) in [5, 5.41) is 0.799. The molecule has 4 aromatic rings. The molecule has 2 amide bonds. The van der Waals surface area contributed by atoms with Crippen LogP contribution in [0.3, 0.4) is 0 Å². The summed E-state index contributed by atoms with van der Waals surface area (Å²) in [6, 6.07) is 18.4. The Morgan fingerprint density at radius 3 is 2.21 bits per heavy atom. The van der Waals surface area contributed by atoms with E-state index in [1.165, 1.54) is 18.2 Å². The Kier molecular flexibility index (Phi) is 6.12. The lowest BCUT2D eigenvalue weighted by molar-refractivity contribution is 0.0831. The van der Waals surface area contributed by atoms with Crippen molar-refractivity contribution in [2.75, 3.05) is 4.72 Å². The van der Waals surface area contributed by atoms with Crippen LogP contribution in [0.25, 0.3) is 11.0 Å². The Hall–Kier alpha value is -4.11. The van der Waals surface area contributed by atoms with Gasteiger partial charge in [0, 0.05) is 22.2 Å². The first kappa shape index (κ1) is 23.1. The minimum atomic E-state index is -3.94. The van der Waals surface area contributed by atoms with Crippen LogP contribution in [-0.2, 0) is 10.0 Å². The van der Waals surface area contributed by atoms with Crippen LogP contribution >= 0.6 is 0 Å². The van der Waals surface area contributed by atoms with Crippen molar-refractivity contribution in [2.24, 2.45) is 0 Å². The smallest absolute Gasteiger partial charge is 0.305 e. The van der Waals surface area contributed by atoms with Crippen LogP contribution in [0.2, 0.25) is 0 Å². The summed E-state index contributed by atoms with van der Waals surface area (Å²) in [5.41, 5.74) is 7.78. The number of hydrogen-bond acceptors (Lipinski definition) is 5. The molecule has 0 bridgehead atoms. The highest BCUT2D eigenvalue weighted by Crippen LogP contribution is 2.25. The number of anilines is 1. The average molecular weight is 478 g/mol. The molecule has 0 aliphatic heterocycles. The first-order valence-corrected chi connectivity index (χ1v) is 11.9. The van der Waals surface area contributed by atoms with Gasteiger partial charge in [0.1, 0.15) is 5.58 Å². The maximum Gasteiger partial charge on any atom is 0.305 e. The number of rotatable bonds is 5. The minimum absolute atomic E-state index is 0.0415. The van der Waals surface area contributed by atoms with Gasteiger partial charge < -0.3 is 4.42 Å². The van der Waals surface area contributed by atoms with Crippen LogP contribution in [0.1, 0.15) is 37.6 Å². The first-order chi connectivity index (χ1) is 16.2. The summed E-state index contributed by atoms with van der Waals surface area (Å²) in [7, 11) is -3.94. The molecule has 174 valence electrons. The van der Waals surface area contributed by atoms with E-state index in [4.69, 9.17) is 4.42 Å². The van der Waals surface area contributed by atoms with Crippen LogP contribution < -0.4 is 15.6 Å². The Morgan fingerprint density at radius 2 is 1.50 bits per heavy atom. The predicted octanol–water partition coefficient (Wildman–Crippen LogP) is 4.23. The highest BCUT2D eigenvalue weighted by atomic mass is 32.2. The molecule has 4 rings (SSSR count). The van der Waals surface area contributed by atoms with Gasteiger partial charge in [-0.15, -0.1) is 0 Å². The molecule has 0 fully saturated rings. The third kappa shape index (κ3) is 4.65. The first-order valence-electron chi connectivity index (χ1n) is 10.4. The number of carbonyl (C=O) groups excluding carboxylic acids is 2. The lowest BCUT2D eigenvalue weighted by atomic mass is 10.1. The Bertz CT molecular complexity index is 1510. The van der Waals surface area contributed by atoms with Gasteiger partial charge in [0.25, 0.3) is 15.9 Å². The van der Waals surface area contributed by atoms with Crippen LogP contribution in [0, 0.1) is 20.8 Å². The van der Waals surface area contributed by atoms with E-state index in [1.54, 1.807) is 50.2 Å². The third-order valence-corrected chi connectivity index (χ3v) is 6.91. The molecule has 3 N–H and O–H groups in total. The minimum Gasteiger partial charge on any atom is -0.451 e. The molecule has 1 aromatic heterocycles. The summed E-state index contributed by atoms with van der Waals surface area (Å²) < 4.78 is 34.0. The number of nitrogens with one attached hydrogen (secondary N) is 3. The maximum atomic E-state index is 12.9. The van der Waals surface area contributed by atoms with Gasteiger partial charge >= 0.3 is 5.91 Å². The van der Waals surface area contributed by atoms with Crippen molar-refractivity contribution < 1.29 is 22.4 Å². The van der Waals surface area contributed by atoms with E-state index in [0.717, 1.165) is 10.9 Å². The Labute approximate surface area is 197 Å². The molecule has 0 unspecified atom stereocenters. The number of benzene rings is 3. The molecule has 0 aliphatic rings. The van der Waals surface area contributed by atoms with E-state index in [9.17, 15) is 18.0 Å². The maximum absolute atomic E-state index is 12.9. The van der Waals surface area contributed by atoms with Gasteiger partial charge in [-0.1, -0.05) is 42.0 Å². The summed E-state index contributed by atoms with van der Waals surface area (Å²) in [4.78, 5) is 25.2. The van der Waals surface area contributed by atoms with Crippen molar-refractivity contribution in [3.8, 4) is 0 Å². The second kappa shape index (κ2) is 9.03. The number of carbonyl (C=O) groups is 2. The van der Waals surface area contributed by atoms with Gasteiger partial charge in [0.05, 0.1) is 4.90 Å². The van der Waals surface area contributed by atoms with Crippen molar-refractivity contribution in [1.29, 1.82) is 0 Å². The molecule has 0 saturated heterocycles. The molecule has 0 aliphatic carbocycles. The molecular formula is C25H23N3O5S. The summed E-state index contributed by atoms with van der Waals surface area (Å²) in [5.74, 6) is -1.21. The number of aryl methyl sites for hydroxylation is 3. The third-order valence-electron chi connectivity index (χ3n) is 5.38. The van der Waals surface area contributed by atoms with Crippen molar-refractivity contribution in [1.82, 2.24) is 10.9 Å². The van der Waals surface area contributed by atoms with E-state index in [2.05, 4.69) is 15.6 Å².